The van der Waals surface area contributed by atoms with E-state index in [9.17, 15) is 24.6 Å². The van der Waals surface area contributed by atoms with Crippen LogP contribution in [0.15, 0.2) is 59.7 Å². The third-order valence-electron chi connectivity index (χ3n) is 8.30. The SMILES string of the molecule is COc1ccc(COC(=O)N/N=C2\C[C@@H](O)[C@@H](O)[C@@H]3[C@@H]4C(=O)N([C@@H](C)c5ccccc5)C(=O)[C@@H]4CC[C@@H]23)cc1. The first-order chi connectivity index (χ1) is 18.8. The highest BCUT2D eigenvalue weighted by Crippen LogP contribution is 2.50. The number of hydrogen-bond donors (Lipinski definition) is 3. The van der Waals surface area contributed by atoms with E-state index in [0.29, 0.717) is 24.3 Å². The third-order valence-corrected chi connectivity index (χ3v) is 8.30. The molecule has 2 aromatic carbocycles. The predicted molar refractivity (Wildman–Crippen MR) is 140 cm³/mol. The number of hydrazone groups is 1. The number of amides is 3. The van der Waals surface area contributed by atoms with E-state index in [1.807, 2.05) is 37.3 Å². The minimum absolute atomic E-state index is 0.0316. The Balaban J connectivity index is 1.30. The smallest absolute Gasteiger partial charge is 0.428 e. The van der Waals surface area contributed by atoms with Gasteiger partial charge in [0.1, 0.15) is 12.4 Å². The lowest BCUT2D eigenvalue weighted by atomic mass is 9.60. The Hall–Kier alpha value is -3.76. The molecular weight excluding hydrogens is 502 g/mol. The Morgan fingerprint density at radius 1 is 1.05 bits per heavy atom. The van der Waals surface area contributed by atoms with Gasteiger partial charge < -0.3 is 19.7 Å². The molecule has 2 saturated carbocycles. The number of benzene rings is 2. The third kappa shape index (κ3) is 5.14. The monoisotopic (exact) mass is 535 g/mol. The maximum absolute atomic E-state index is 13.7. The van der Waals surface area contributed by atoms with Gasteiger partial charge in [-0.1, -0.05) is 42.5 Å². The molecule has 7 atom stereocenters. The second-order valence-electron chi connectivity index (χ2n) is 10.4. The number of nitrogens with zero attached hydrogens (tertiary/aromatic N) is 2. The van der Waals surface area contributed by atoms with Crippen molar-refractivity contribution in [3.63, 3.8) is 0 Å². The standard InChI is InChI=1S/C29H33N3O7/c1-16(18-6-4-3-5-7-18)32-27(35)21-13-12-20-22(14-23(33)26(34)24(20)25(21)28(32)36)30-31-29(37)39-15-17-8-10-19(38-2)11-9-17/h3-11,16,20-21,23-26,33-34H,12-15H2,1-2H3,(H,31,37)/b30-22+/t16-,20-,21+,23+,24-,25+,26+/m0/s1. The van der Waals surface area contributed by atoms with Crippen LogP contribution >= 0.6 is 0 Å². The van der Waals surface area contributed by atoms with Gasteiger partial charge in [0.05, 0.1) is 37.2 Å². The molecule has 3 aliphatic rings. The van der Waals surface area contributed by atoms with Crippen molar-refractivity contribution in [1.29, 1.82) is 0 Å². The highest BCUT2D eigenvalue weighted by atomic mass is 16.6. The van der Waals surface area contributed by atoms with E-state index in [2.05, 4.69) is 10.5 Å². The zero-order chi connectivity index (χ0) is 27.7. The van der Waals surface area contributed by atoms with Crippen LogP contribution < -0.4 is 10.2 Å². The van der Waals surface area contributed by atoms with Crippen LogP contribution in [0, 0.1) is 23.7 Å². The molecule has 3 fully saturated rings. The molecule has 0 aromatic heterocycles. The molecule has 0 spiro atoms. The van der Waals surface area contributed by atoms with Gasteiger partial charge in [-0.05, 0) is 43.0 Å². The summed E-state index contributed by atoms with van der Waals surface area (Å²) in [6.45, 7) is 1.85. The number of aliphatic hydroxyl groups is 2. The van der Waals surface area contributed by atoms with E-state index in [1.165, 1.54) is 4.90 Å². The van der Waals surface area contributed by atoms with Crippen LogP contribution in [-0.4, -0.2) is 58.0 Å². The average molecular weight is 536 g/mol. The second kappa shape index (κ2) is 11.2. The number of methoxy groups -OCH3 is 1. The fourth-order valence-electron chi connectivity index (χ4n) is 6.30. The molecule has 2 aromatic rings. The van der Waals surface area contributed by atoms with Gasteiger partial charge in [0.25, 0.3) is 0 Å². The minimum Gasteiger partial charge on any atom is -0.497 e. The summed E-state index contributed by atoms with van der Waals surface area (Å²) < 4.78 is 10.4. The lowest BCUT2D eigenvalue weighted by Gasteiger charge is -2.45. The van der Waals surface area contributed by atoms with Crippen molar-refractivity contribution in [2.24, 2.45) is 28.8 Å². The number of ether oxygens (including phenoxy) is 2. The summed E-state index contributed by atoms with van der Waals surface area (Å²) in [4.78, 5) is 40.7. The maximum Gasteiger partial charge on any atom is 0.428 e. The molecule has 0 bridgehead atoms. The van der Waals surface area contributed by atoms with Crippen molar-refractivity contribution in [2.75, 3.05) is 7.11 Å². The number of rotatable bonds is 6. The molecule has 5 rings (SSSR count). The number of imide groups is 1. The molecule has 1 saturated heterocycles. The van der Waals surface area contributed by atoms with Crippen LogP contribution in [-0.2, 0) is 20.9 Å². The number of hydrogen-bond acceptors (Lipinski definition) is 8. The summed E-state index contributed by atoms with van der Waals surface area (Å²) in [6, 6.07) is 16.0. The molecule has 3 amide bonds. The van der Waals surface area contributed by atoms with Gasteiger partial charge in [-0.3, -0.25) is 14.5 Å². The average Bonchev–Trinajstić information content (AvgIpc) is 3.22. The number of fused-ring (bicyclic) bond motifs is 3. The van der Waals surface area contributed by atoms with Gasteiger partial charge in [0.15, 0.2) is 0 Å². The molecule has 39 heavy (non-hydrogen) atoms. The fraction of sp³-hybridized carbons (Fsp3) is 0.448. The summed E-state index contributed by atoms with van der Waals surface area (Å²) in [6.07, 6.45) is -2.12. The Morgan fingerprint density at radius 3 is 2.44 bits per heavy atom. The zero-order valence-corrected chi connectivity index (χ0v) is 21.9. The van der Waals surface area contributed by atoms with E-state index >= 15 is 0 Å². The Kier molecular flexibility index (Phi) is 7.67. The van der Waals surface area contributed by atoms with Crippen molar-refractivity contribution in [2.45, 2.75) is 51.0 Å². The number of aliphatic hydroxyl groups excluding tert-OH is 2. The molecule has 10 nitrogen and oxygen atoms in total. The minimum atomic E-state index is -1.19. The maximum atomic E-state index is 13.7. The first-order valence-corrected chi connectivity index (χ1v) is 13.2. The summed E-state index contributed by atoms with van der Waals surface area (Å²) in [5.74, 6) is -2.27. The van der Waals surface area contributed by atoms with Crippen LogP contribution in [0.25, 0.3) is 0 Å². The molecule has 10 heteroatoms. The molecule has 1 aliphatic heterocycles. The van der Waals surface area contributed by atoms with Crippen molar-refractivity contribution in [3.8, 4) is 5.75 Å². The van der Waals surface area contributed by atoms with Crippen molar-refractivity contribution in [1.82, 2.24) is 10.3 Å². The van der Waals surface area contributed by atoms with E-state index < -0.39 is 42.1 Å². The van der Waals surface area contributed by atoms with Gasteiger partial charge in [0.2, 0.25) is 11.8 Å². The Bertz CT molecular complexity index is 1250. The molecule has 0 radical (unpaired) electrons. The molecular formula is C29H33N3O7. The summed E-state index contributed by atoms with van der Waals surface area (Å²) in [5.41, 5.74) is 4.48. The highest BCUT2D eigenvalue weighted by molar-refractivity contribution is 6.06. The van der Waals surface area contributed by atoms with Gasteiger partial charge in [0, 0.05) is 24.0 Å². The van der Waals surface area contributed by atoms with Crippen molar-refractivity contribution < 1.29 is 34.1 Å². The fourth-order valence-corrected chi connectivity index (χ4v) is 6.30. The van der Waals surface area contributed by atoms with E-state index in [1.54, 1.807) is 31.4 Å². The van der Waals surface area contributed by atoms with E-state index in [4.69, 9.17) is 9.47 Å². The number of carbonyl (C=O) groups is 3. The molecule has 1 heterocycles. The summed E-state index contributed by atoms with van der Waals surface area (Å²) >= 11 is 0. The number of carbonyl (C=O) groups excluding carboxylic acids is 3. The van der Waals surface area contributed by atoms with E-state index in [0.717, 1.165) is 11.1 Å². The van der Waals surface area contributed by atoms with Crippen LogP contribution in [0.3, 0.4) is 0 Å². The topological polar surface area (TPSA) is 138 Å². The van der Waals surface area contributed by atoms with E-state index in [-0.39, 0.29) is 30.8 Å². The molecule has 0 unspecified atom stereocenters. The van der Waals surface area contributed by atoms with Crippen molar-refractivity contribution in [3.05, 3.63) is 65.7 Å². The lowest BCUT2D eigenvalue weighted by Crippen LogP contribution is -2.55. The number of nitrogens with one attached hydrogen (secondary N) is 1. The Morgan fingerprint density at radius 2 is 1.74 bits per heavy atom. The van der Waals surface area contributed by atoms with Gasteiger partial charge in [-0.2, -0.15) is 5.10 Å². The van der Waals surface area contributed by atoms with Gasteiger partial charge in [-0.15, -0.1) is 0 Å². The molecule has 3 N–H and O–H groups in total. The quantitative estimate of drug-likeness (QED) is 0.382. The van der Waals surface area contributed by atoms with Crippen LogP contribution in [0.5, 0.6) is 5.75 Å². The largest absolute Gasteiger partial charge is 0.497 e. The van der Waals surface area contributed by atoms with Crippen LogP contribution in [0.1, 0.15) is 43.4 Å². The van der Waals surface area contributed by atoms with Crippen molar-refractivity contribution >= 4 is 23.6 Å². The number of likely N-dealkylation sites (tertiary alicyclic amines) is 1. The first kappa shape index (κ1) is 26.8. The first-order valence-electron chi connectivity index (χ1n) is 13.2. The normalized spacial score (nSPS) is 29.9. The highest BCUT2D eigenvalue weighted by Gasteiger charge is 2.60. The van der Waals surface area contributed by atoms with Crippen LogP contribution in [0.4, 0.5) is 4.79 Å². The summed E-state index contributed by atoms with van der Waals surface area (Å²) in [5, 5.41) is 25.9. The zero-order valence-electron chi connectivity index (χ0n) is 21.9. The molecule has 206 valence electrons. The predicted octanol–water partition coefficient (Wildman–Crippen LogP) is 2.79. The van der Waals surface area contributed by atoms with Gasteiger partial charge in [-0.25, -0.2) is 10.2 Å². The lowest BCUT2D eigenvalue weighted by molar-refractivity contribution is -0.144. The second-order valence-corrected chi connectivity index (χ2v) is 10.4. The van der Waals surface area contributed by atoms with Gasteiger partial charge >= 0.3 is 6.09 Å². The summed E-state index contributed by atoms with van der Waals surface area (Å²) in [7, 11) is 1.57. The molecule has 2 aliphatic carbocycles. The van der Waals surface area contributed by atoms with Crippen LogP contribution in [0.2, 0.25) is 0 Å². The Labute approximate surface area is 226 Å².